The number of Topliss-reactive ketones (excluding diaryl/α,β-unsaturated/α-hetero) is 1. The number of carbonyl (C=O) groups is 14. The second-order valence-corrected chi connectivity index (χ2v) is 45.7. The van der Waals surface area contributed by atoms with E-state index in [1.165, 1.54) is 66.8 Å². The molecule has 852 valence electrons. The molecule has 0 aromatic heterocycles. The van der Waals surface area contributed by atoms with E-state index in [0.29, 0.717) is 123 Å². The molecule has 0 spiro atoms. The van der Waals surface area contributed by atoms with Crippen LogP contribution in [0, 0.1) is 22.2 Å². The summed E-state index contributed by atoms with van der Waals surface area (Å²) in [5.41, 5.74) is 2.16. The quantitative estimate of drug-likeness (QED) is 0.0153. The molecule has 0 saturated heterocycles. The van der Waals surface area contributed by atoms with Gasteiger partial charge in [-0.15, -0.1) is 0 Å². The van der Waals surface area contributed by atoms with Crippen molar-refractivity contribution < 1.29 is 71.9 Å². The minimum Gasteiger partial charge on any atom is -0.460 e. The fourth-order valence-electron chi connectivity index (χ4n) is 9.33. The van der Waals surface area contributed by atoms with Gasteiger partial charge in [-0.25, -0.2) is 4.79 Å². The summed E-state index contributed by atoms with van der Waals surface area (Å²) in [4.78, 5) is 154. The van der Waals surface area contributed by atoms with Crippen molar-refractivity contribution in [2.75, 3.05) is 147 Å². The zero-order valence-electron chi connectivity index (χ0n) is 96.4. The number of nitrogens with one attached hydrogen (secondary N) is 19. The number of hydrogen-bond acceptors (Lipinski definition) is 25. The molecular formula is C111H205N19O15S3. The van der Waals surface area contributed by atoms with Crippen LogP contribution in [-0.4, -0.2) is 287 Å². The maximum Gasteiger partial charge on any atom is 0.330 e. The molecule has 0 radical (unpaired) electrons. The van der Waals surface area contributed by atoms with Gasteiger partial charge < -0.3 is 106 Å². The predicted molar refractivity (Wildman–Crippen MR) is 629 cm³/mol. The number of ether oxygens (including phenoxy) is 1. The SMILES string of the molecule is C=C(C)C(=O)CC(CNC(=O)C(=C)C)CSC(C)C.C=CC(=O)NC(COC(=O)C=C)CSCC(C)(C)C.C=CC(=O)NCC(CNC(C)C)NC(=O)C=C.C=CC(=O)NCC(CSC(C)(C)C)NC(=O)C=C.C=CC(=O)NCCCNC(C)(C)C.C=CC(=O)NCCCNC(C)C.C=CC(=O)NCCCNCC(C)(C)C.C=CC(=O)NCCNC(C)(C)C.C=CC(=O)NCCNC(C)C.C=CC(=O)NCCNCC(C)(C)C. The molecule has 0 saturated carbocycles. The molecule has 0 fully saturated rings. The Labute approximate surface area is 907 Å². The van der Waals surface area contributed by atoms with Gasteiger partial charge in [0.2, 0.25) is 70.9 Å². The number of allylic oxidation sites excluding steroid dienone is 1. The molecule has 0 rings (SSSR count). The normalized spacial score (nSPS) is 11.4. The lowest BCUT2D eigenvalue weighted by atomic mass is 9.97. The zero-order valence-corrected chi connectivity index (χ0v) is 98.8. The van der Waals surface area contributed by atoms with Crippen LogP contribution in [0.15, 0.2) is 176 Å². The van der Waals surface area contributed by atoms with E-state index >= 15 is 0 Å². The van der Waals surface area contributed by atoms with E-state index in [1.54, 1.807) is 49.1 Å². The number of amides is 12. The van der Waals surface area contributed by atoms with Crippen LogP contribution >= 0.6 is 35.3 Å². The molecule has 0 aliphatic heterocycles. The van der Waals surface area contributed by atoms with Crippen molar-refractivity contribution in [3.63, 3.8) is 0 Å². The second-order valence-electron chi connectivity index (χ2n) is 41.2. The average molecular weight is 2140 g/mol. The molecule has 148 heavy (non-hydrogen) atoms. The van der Waals surface area contributed by atoms with Crippen molar-refractivity contribution in [1.29, 1.82) is 0 Å². The number of thioether (sulfide) groups is 3. The minimum atomic E-state index is -0.487. The van der Waals surface area contributed by atoms with Gasteiger partial charge in [0.05, 0.1) is 18.1 Å². The van der Waals surface area contributed by atoms with Gasteiger partial charge in [-0.3, -0.25) is 62.3 Å². The van der Waals surface area contributed by atoms with Crippen molar-refractivity contribution in [3.8, 4) is 0 Å². The van der Waals surface area contributed by atoms with Crippen LogP contribution in [0.25, 0.3) is 0 Å². The van der Waals surface area contributed by atoms with Gasteiger partial charge in [-0.2, -0.15) is 35.3 Å². The van der Waals surface area contributed by atoms with E-state index in [-0.39, 0.29) is 129 Å². The van der Waals surface area contributed by atoms with Crippen LogP contribution in [0.5, 0.6) is 0 Å². The van der Waals surface area contributed by atoms with Gasteiger partial charge in [0.1, 0.15) is 6.61 Å². The van der Waals surface area contributed by atoms with Crippen molar-refractivity contribution in [3.05, 3.63) is 176 Å². The topological polar surface area (TPSA) is 477 Å². The lowest BCUT2D eigenvalue weighted by Gasteiger charge is -2.23. The summed E-state index contributed by atoms with van der Waals surface area (Å²) >= 11 is 5.24. The first-order chi connectivity index (χ1) is 68.4. The summed E-state index contributed by atoms with van der Waals surface area (Å²) in [7, 11) is 0. The molecule has 0 heterocycles. The van der Waals surface area contributed by atoms with Crippen molar-refractivity contribution in [2.24, 2.45) is 22.2 Å². The van der Waals surface area contributed by atoms with Gasteiger partial charge >= 0.3 is 5.97 Å². The molecule has 0 aromatic rings. The predicted octanol–water partition coefficient (Wildman–Crippen LogP) is 11.5. The number of hydrogen-bond donors (Lipinski definition) is 19. The van der Waals surface area contributed by atoms with Crippen LogP contribution in [0.1, 0.15) is 220 Å². The third kappa shape index (κ3) is 142. The number of esters is 1. The maximum atomic E-state index is 11.7. The highest BCUT2D eigenvalue weighted by Gasteiger charge is 2.22. The van der Waals surface area contributed by atoms with Crippen LogP contribution in [-0.2, 0) is 71.9 Å². The third-order valence-electron chi connectivity index (χ3n) is 16.9. The summed E-state index contributed by atoms with van der Waals surface area (Å²) in [5.74, 6) is 0.889. The average Bonchev–Trinajstić information content (AvgIpc) is 0.929. The fraction of sp³-hybridized carbons (Fsp3) is 0.622. The Kier molecular flexibility index (Phi) is 106. The van der Waals surface area contributed by atoms with Crippen LogP contribution < -0.4 is 101 Å². The largest absolute Gasteiger partial charge is 0.460 e. The van der Waals surface area contributed by atoms with Crippen LogP contribution in [0.4, 0.5) is 0 Å². The Balaban J connectivity index is -0.000000180. The Morgan fingerprint density at radius 3 is 1.01 bits per heavy atom. The number of carbonyl (C=O) groups excluding carboxylic acids is 14. The highest BCUT2D eigenvalue weighted by molar-refractivity contribution is 8.00. The molecule has 0 aromatic carbocycles. The van der Waals surface area contributed by atoms with Crippen molar-refractivity contribution >= 4 is 118 Å². The smallest absolute Gasteiger partial charge is 0.330 e. The van der Waals surface area contributed by atoms with Crippen molar-refractivity contribution in [1.82, 2.24) is 101 Å². The summed E-state index contributed by atoms with van der Waals surface area (Å²) in [6.45, 7) is 119. The molecule has 4 unspecified atom stereocenters. The number of rotatable bonds is 63. The summed E-state index contributed by atoms with van der Waals surface area (Å²) < 4.78 is 5.07. The third-order valence-corrected chi connectivity index (χ3v) is 21.4. The lowest BCUT2D eigenvalue weighted by Crippen LogP contribution is -2.49. The minimum absolute atomic E-state index is 0.0685. The molecule has 0 aliphatic rings. The summed E-state index contributed by atoms with van der Waals surface area (Å²) in [6.07, 6.45) is 18.1. The van der Waals surface area contributed by atoms with Gasteiger partial charge in [0, 0.05) is 155 Å². The number of ketones is 1. The molecule has 0 aliphatic carbocycles. The maximum absolute atomic E-state index is 11.7. The van der Waals surface area contributed by atoms with Gasteiger partial charge in [0.15, 0.2) is 5.78 Å². The molecule has 12 amide bonds. The first-order valence-electron chi connectivity index (χ1n) is 50.3. The second kappa shape index (κ2) is 98.9. The van der Waals surface area contributed by atoms with Crippen molar-refractivity contribution in [2.45, 2.75) is 277 Å². The summed E-state index contributed by atoms with van der Waals surface area (Å²) in [6, 6.07) is 0.779. The van der Waals surface area contributed by atoms with Gasteiger partial charge in [0.25, 0.3) is 0 Å². The highest BCUT2D eigenvalue weighted by Crippen LogP contribution is 2.24. The zero-order chi connectivity index (χ0) is 117. The first-order valence-corrected chi connectivity index (χ1v) is 53.5. The summed E-state index contributed by atoms with van der Waals surface area (Å²) in [5, 5.41) is 55.9. The molecule has 34 nitrogen and oxygen atoms in total. The van der Waals surface area contributed by atoms with Crippen LogP contribution in [0.2, 0.25) is 0 Å². The Hall–Kier alpha value is -10.1. The van der Waals surface area contributed by atoms with Gasteiger partial charge in [-0.1, -0.05) is 231 Å². The van der Waals surface area contributed by atoms with E-state index in [0.717, 1.165) is 95.0 Å². The molecule has 0 bridgehead atoms. The standard InChI is InChI=1S/C15H25NO2S.C14H23NO3S.C13H22N2O2S.C12H21N3O2.C11H22N2O.2C10H20N2O.2C9H18N2O.C8H16N2O/c1-10(2)14(17)7-13(9-19-12(5)6)8-16-15(18)11(3)4;1-6-12(16)15-11(8-18-13(17)7-2)9-19-10-14(3,4)5;1-6-11(16)14-8-10(15-12(17)7-2)9-18-13(3,4)5;1-5-11(16)14-8-10(7-13-9(3)4)15-12(17)6-2;1-5-10(14)13-8-6-7-12-9-11(2,3)4;1-5-9(13)12-7-6-11-8-10(2,3)4;1-5-9(13)11-7-6-8-12-10(2,3)4;1-5-8(12)10-6-7-11-9(2,3)4;1-4-9(12)11-7-5-6-10-8(2)3;1-4-8(11)10-6-5-9-7(2)3/h12-13H,1,3,7-9H2,2,4-6H3,(H,16,18);6-7,11H,1-2,8-10H2,3-5H3,(H,15,16);6-7,10H,1-2,8-9H2,3-5H3,(H,14,16)(H,15,17);5-6,9-10,13H,1-2,7-8H2,3-4H3,(H,14,16)(H,15,17);5,12H,1,6-9H2,2-4H3,(H,13,14);5,11H,1,6-8H2,2-4H3,(H,12,13);5,12H,1,6-8H2,2-4H3,(H,11,13);5,11H,1,6-7H2,2-4H3,(H,10,12);4,8,10H,1,5-7H2,2-3H3,(H,11,12);4,7,9H,1,5-6H2,2-3H3,(H,10,11). The van der Waals surface area contributed by atoms with E-state index in [4.69, 9.17) is 4.74 Å². The highest BCUT2D eigenvalue weighted by atomic mass is 32.2. The fourth-order valence-corrected chi connectivity index (χ4v) is 12.3. The van der Waals surface area contributed by atoms with E-state index in [2.05, 4.69) is 359 Å². The Morgan fingerprint density at radius 1 is 0.318 bits per heavy atom. The van der Waals surface area contributed by atoms with Gasteiger partial charge in [-0.05, 0) is 212 Å². The molecule has 19 N–H and O–H groups in total. The molecule has 37 heteroatoms. The monoisotopic (exact) mass is 2140 g/mol. The van der Waals surface area contributed by atoms with E-state index in [9.17, 15) is 67.1 Å². The van der Waals surface area contributed by atoms with E-state index < -0.39 is 5.97 Å². The van der Waals surface area contributed by atoms with Crippen LogP contribution in [0.3, 0.4) is 0 Å². The molecule has 4 atom stereocenters. The lowest BCUT2D eigenvalue weighted by molar-refractivity contribution is -0.139. The Morgan fingerprint density at radius 2 is 0.655 bits per heavy atom. The Bertz CT molecular complexity index is 3810. The van der Waals surface area contributed by atoms with E-state index in [1.807, 2.05) is 13.8 Å². The first kappa shape index (κ1) is 158. The molecular weight excluding hydrogens is 1940 g/mol.